The van der Waals surface area contributed by atoms with Crippen molar-refractivity contribution in [2.75, 3.05) is 25.4 Å². The molecule has 0 bridgehead atoms. The Morgan fingerprint density at radius 2 is 1.82 bits per heavy atom. The zero-order valence-electron chi connectivity index (χ0n) is 7.50. The van der Waals surface area contributed by atoms with Crippen molar-refractivity contribution >= 4 is 11.1 Å². The summed E-state index contributed by atoms with van der Waals surface area (Å²) >= 11 is -1.88. The molecule has 62 valence electrons. The van der Waals surface area contributed by atoms with Gasteiger partial charge in [-0.2, -0.15) is 0 Å². The van der Waals surface area contributed by atoms with Gasteiger partial charge >= 0.3 is 29.6 Å². The molecule has 0 rings (SSSR count). The topological polar surface area (TPSA) is 43.4 Å². The van der Waals surface area contributed by atoms with Crippen LogP contribution in [-0.4, -0.2) is 39.0 Å². The molecule has 0 spiro atoms. The second-order valence-corrected chi connectivity index (χ2v) is 3.05. The molecule has 0 fully saturated rings. The second kappa shape index (κ2) is 9.16. The van der Waals surface area contributed by atoms with Crippen LogP contribution in [0.4, 0.5) is 0 Å². The van der Waals surface area contributed by atoms with Crippen LogP contribution < -0.4 is 29.6 Å². The maximum atomic E-state index is 10.1. The molecule has 0 aromatic heterocycles. The van der Waals surface area contributed by atoms with Crippen LogP contribution in [-0.2, 0) is 11.1 Å². The SMILES string of the molecule is CCN(CC)CCS(=O)[O-].[Na+]. The predicted octanol–water partition coefficient (Wildman–Crippen LogP) is -2.79. The van der Waals surface area contributed by atoms with Crippen molar-refractivity contribution in [1.29, 1.82) is 0 Å². The Labute approximate surface area is 93.1 Å². The molecular formula is C6H14NNaO2S. The van der Waals surface area contributed by atoms with E-state index in [1.165, 1.54) is 0 Å². The van der Waals surface area contributed by atoms with Crippen LogP contribution in [0.5, 0.6) is 0 Å². The van der Waals surface area contributed by atoms with E-state index in [1.54, 1.807) is 0 Å². The number of hydrogen-bond acceptors (Lipinski definition) is 3. The second-order valence-electron chi connectivity index (χ2n) is 2.03. The summed E-state index contributed by atoms with van der Waals surface area (Å²) in [5, 5.41) is 0. The molecule has 0 aliphatic heterocycles. The molecule has 0 amide bonds. The van der Waals surface area contributed by atoms with Crippen molar-refractivity contribution in [2.45, 2.75) is 13.8 Å². The fourth-order valence-electron chi connectivity index (χ4n) is 0.743. The van der Waals surface area contributed by atoms with Crippen LogP contribution >= 0.6 is 0 Å². The Morgan fingerprint density at radius 1 is 1.36 bits per heavy atom. The van der Waals surface area contributed by atoms with Gasteiger partial charge in [0.05, 0.1) is 0 Å². The monoisotopic (exact) mass is 187 g/mol. The van der Waals surface area contributed by atoms with Crippen LogP contribution in [0.15, 0.2) is 0 Å². The first-order valence-electron chi connectivity index (χ1n) is 3.48. The third-order valence-corrected chi connectivity index (χ3v) is 1.98. The predicted molar refractivity (Wildman–Crippen MR) is 41.6 cm³/mol. The molecule has 0 aromatic carbocycles. The first-order valence-corrected chi connectivity index (χ1v) is 4.73. The molecule has 0 heterocycles. The van der Waals surface area contributed by atoms with Crippen LogP contribution in [0.2, 0.25) is 0 Å². The average molecular weight is 187 g/mol. The van der Waals surface area contributed by atoms with Crippen LogP contribution in [0.25, 0.3) is 0 Å². The van der Waals surface area contributed by atoms with E-state index in [-0.39, 0.29) is 35.3 Å². The Bertz CT molecular complexity index is 109. The zero-order chi connectivity index (χ0) is 7.98. The fourth-order valence-corrected chi connectivity index (χ4v) is 1.15. The molecule has 11 heavy (non-hydrogen) atoms. The minimum atomic E-state index is -1.88. The molecule has 0 aliphatic rings. The van der Waals surface area contributed by atoms with Gasteiger partial charge in [0.25, 0.3) is 0 Å². The van der Waals surface area contributed by atoms with Crippen molar-refractivity contribution in [3.63, 3.8) is 0 Å². The van der Waals surface area contributed by atoms with Gasteiger partial charge < -0.3 is 9.45 Å². The van der Waals surface area contributed by atoms with Crippen molar-refractivity contribution in [3.05, 3.63) is 0 Å². The van der Waals surface area contributed by atoms with Gasteiger partial charge in [0.2, 0.25) is 0 Å². The summed E-state index contributed by atoms with van der Waals surface area (Å²) in [5.74, 6) is 0.252. The summed E-state index contributed by atoms with van der Waals surface area (Å²) in [6, 6.07) is 0. The van der Waals surface area contributed by atoms with E-state index in [1.807, 2.05) is 13.8 Å². The number of hydrogen-bond donors (Lipinski definition) is 0. The maximum absolute atomic E-state index is 10.1. The van der Waals surface area contributed by atoms with Gasteiger partial charge in [-0.25, -0.2) is 0 Å². The van der Waals surface area contributed by atoms with E-state index in [2.05, 4.69) is 4.90 Å². The van der Waals surface area contributed by atoms with E-state index >= 15 is 0 Å². The van der Waals surface area contributed by atoms with Crippen molar-refractivity contribution in [1.82, 2.24) is 4.90 Å². The average Bonchev–Trinajstić information content (AvgIpc) is 1.90. The first kappa shape index (κ1) is 14.6. The summed E-state index contributed by atoms with van der Waals surface area (Å²) in [6.45, 7) is 6.55. The van der Waals surface area contributed by atoms with Gasteiger partial charge in [-0.3, -0.25) is 4.21 Å². The summed E-state index contributed by atoms with van der Waals surface area (Å²) < 4.78 is 20.2. The normalized spacial score (nSPS) is 12.7. The minimum Gasteiger partial charge on any atom is -0.772 e. The fraction of sp³-hybridized carbons (Fsp3) is 1.00. The molecule has 3 nitrogen and oxygen atoms in total. The van der Waals surface area contributed by atoms with Gasteiger partial charge in [0.1, 0.15) is 0 Å². The molecule has 1 atom stereocenters. The van der Waals surface area contributed by atoms with Gasteiger partial charge in [0, 0.05) is 12.3 Å². The molecule has 0 saturated heterocycles. The summed E-state index contributed by atoms with van der Waals surface area (Å²) in [7, 11) is 0. The van der Waals surface area contributed by atoms with Gasteiger partial charge in [0.15, 0.2) is 0 Å². The van der Waals surface area contributed by atoms with Crippen LogP contribution in [0.3, 0.4) is 0 Å². The number of nitrogens with zero attached hydrogens (tertiary/aromatic N) is 1. The van der Waals surface area contributed by atoms with E-state index in [4.69, 9.17) is 0 Å². The summed E-state index contributed by atoms with van der Waals surface area (Å²) in [6.07, 6.45) is 0. The third-order valence-electron chi connectivity index (χ3n) is 1.47. The largest absolute Gasteiger partial charge is 1.00 e. The Morgan fingerprint density at radius 3 is 2.09 bits per heavy atom. The summed E-state index contributed by atoms with van der Waals surface area (Å²) in [4.78, 5) is 2.08. The Hall–Kier alpha value is 1.07. The van der Waals surface area contributed by atoms with Gasteiger partial charge in [-0.1, -0.05) is 24.9 Å². The van der Waals surface area contributed by atoms with E-state index in [9.17, 15) is 8.76 Å². The molecule has 0 radical (unpaired) electrons. The minimum absolute atomic E-state index is 0. The molecule has 0 saturated carbocycles. The first-order chi connectivity index (χ1) is 4.70. The molecular weight excluding hydrogens is 173 g/mol. The quantitative estimate of drug-likeness (QED) is 0.345. The van der Waals surface area contributed by atoms with E-state index in [0.717, 1.165) is 13.1 Å². The molecule has 0 aliphatic carbocycles. The standard InChI is InChI=1S/C6H15NO2S.Na/c1-3-7(4-2)5-6-10(8)9;/h3-6H2,1-2H3,(H,8,9);/q;+1/p-1. The Balaban J connectivity index is 0. The Kier molecular flexibility index (Phi) is 12.1. The van der Waals surface area contributed by atoms with Crippen LogP contribution in [0, 0.1) is 0 Å². The smallest absolute Gasteiger partial charge is 0.772 e. The third kappa shape index (κ3) is 8.98. The molecule has 5 heteroatoms. The van der Waals surface area contributed by atoms with Gasteiger partial charge in [-0.05, 0) is 13.1 Å². The van der Waals surface area contributed by atoms with Crippen molar-refractivity contribution in [2.24, 2.45) is 0 Å². The maximum Gasteiger partial charge on any atom is 1.00 e. The summed E-state index contributed by atoms with van der Waals surface area (Å²) in [5.41, 5.74) is 0. The van der Waals surface area contributed by atoms with Gasteiger partial charge in [-0.15, -0.1) is 0 Å². The zero-order valence-corrected chi connectivity index (χ0v) is 10.3. The van der Waals surface area contributed by atoms with E-state index in [0.29, 0.717) is 6.54 Å². The van der Waals surface area contributed by atoms with Crippen LogP contribution in [0.1, 0.15) is 13.8 Å². The molecule has 0 aromatic rings. The van der Waals surface area contributed by atoms with E-state index < -0.39 is 11.1 Å². The molecule has 1 unspecified atom stereocenters. The van der Waals surface area contributed by atoms with Crippen molar-refractivity contribution in [3.8, 4) is 0 Å². The molecule has 0 N–H and O–H groups in total. The number of rotatable bonds is 5. The van der Waals surface area contributed by atoms with Crippen molar-refractivity contribution < 1.29 is 38.3 Å².